The second kappa shape index (κ2) is 6.55. The molecule has 1 saturated heterocycles. The van der Waals surface area contributed by atoms with Crippen LogP contribution in [0.15, 0.2) is 18.3 Å². The number of amides is 1. The first kappa shape index (κ1) is 16.8. The molecule has 3 aromatic rings. The Hall–Kier alpha value is -1.70. The third kappa shape index (κ3) is 2.90. The summed E-state index contributed by atoms with van der Waals surface area (Å²) in [5, 5.41) is 5.94. The first-order chi connectivity index (χ1) is 12.1. The van der Waals surface area contributed by atoms with Crippen LogP contribution in [0.5, 0.6) is 0 Å². The predicted molar refractivity (Wildman–Crippen MR) is 98.5 cm³/mol. The number of aryl methyl sites for hydroxylation is 1. The summed E-state index contributed by atoms with van der Waals surface area (Å²) in [5.41, 5.74) is 2.09. The number of carbonyl (C=O) groups is 1. The Morgan fingerprint density at radius 3 is 3.00 bits per heavy atom. The smallest absolute Gasteiger partial charge is 0.275 e. The van der Waals surface area contributed by atoms with Crippen LogP contribution in [-0.2, 0) is 7.05 Å². The summed E-state index contributed by atoms with van der Waals surface area (Å²) < 4.78 is 6.24. The Labute approximate surface area is 158 Å². The third-order valence-electron chi connectivity index (χ3n) is 4.52. The van der Waals surface area contributed by atoms with Gasteiger partial charge in [0.2, 0.25) is 0 Å². The van der Waals surface area contributed by atoms with Crippen LogP contribution in [0.4, 0.5) is 0 Å². The topological polar surface area (TPSA) is 63.9 Å². The lowest BCUT2D eigenvalue weighted by Gasteiger charge is -2.31. The zero-order valence-corrected chi connectivity index (χ0v) is 15.8. The van der Waals surface area contributed by atoms with Gasteiger partial charge in [-0.1, -0.05) is 23.2 Å². The van der Waals surface area contributed by atoms with Crippen molar-refractivity contribution in [1.29, 1.82) is 0 Å². The van der Waals surface area contributed by atoms with Crippen molar-refractivity contribution >= 4 is 51.7 Å². The van der Waals surface area contributed by atoms with Gasteiger partial charge in [-0.2, -0.15) is 9.47 Å². The van der Waals surface area contributed by atoms with Gasteiger partial charge < -0.3 is 4.90 Å². The molecular formula is C16H15Cl2N5OS. The molecule has 1 unspecified atom stereocenters. The number of nitrogens with zero attached hydrogens (tertiary/aromatic N) is 5. The first-order valence-corrected chi connectivity index (χ1v) is 9.46. The predicted octanol–water partition coefficient (Wildman–Crippen LogP) is 3.75. The van der Waals surface area contributed by atoms with E-state index in [9.17, 15) is 4.79 Å². The highest BCUT2D eigenvalue weighted by Gasteiger charge is 2.31. The zero-order chi connectivity index (χ0) is 17.6. The van der Waals surface area contributed by atoms with E-state index in [0.29, 0.717) is 17.4 Å². The van der Waals surface area contributed by atoms with E-state index in [1.807, 2.05) is 19.2 Å². The molecule has 25 heavy (non-hydrogen) atoms. The van der Waals surface area contributed by atoms with Crippen molar-refractivity contribution in [3.8, 4) is 0 Å². The molecule has 0 radical (unpaired) electrons. The van der Waals surface area contributed by atoms with Gasteiger partial charge in [0.25, 0.3) is 5.91 Å². The van der Waals surface area contributed by atoms with E-state index in [2.05, 4.69) is 14.5 Å². The van der Waals surface area contributed by atoms with Gasteiger partial charge in [0.1, 0.15) is 9.36 Å². The maximum absolute atomic E-state index is 12.8. The van der Waals surface area contributed by atoms with Crippen molar-refractivity contribution in [2.45, 2.75) is 18.8 Å². The number of halogens is 2. The van der Waals surface area contributed by atoms with Crippen LogP contribution in [0.3, 0.4) is 0 Å². The number of hydrogen-bond donors (Lipinski definition) is 0. The zero-order valence-electron chi connectivity index (χ0n) is 13.4. The molecular weight excluding hydrogens is 381 g/mol. The molecule has 130 valence electrons. The molecule has 1 fully saturated rings. The highest BCUT2D eigenvalue weighted by atomic mass is 35.5. The number of rotatable bonds is 2. The molecule has 1 aliphatic heterocycles. The summed E-state index contributed by atoms with van der Waals surface area (Å²) in [6, 6.07) is 3.94. The molecule has 4 heterocycles. The molecule has 1 amide bonds. The van der Waals surface area contributed by atoms with Gasteiger partial charge in [0.05, 0.1) is 5.69 Å². The molecule has 0 bridgehead atoms. The van der Waals surface area contributed by atoms with E-state index in [1.165, 1.54) is 0 Å². The van der Waals surface area contributed by atoms with Crippen molar-refractivity contribution in [2.75, 3.05) is 13.1 Å². The fourth-order valence-corrected chi connectivity index (χ4v) is 4.33. The van der Waals surface area contributed by atoms with E-state index in [0.717, 1.165) is 41.1 Å². The number of fused-ring (bicyclic) bond motifs is 1. The van der Waals surface area contributed by atoms with E-state index in [-0.39, 0.29) is 22.5 Å². The molecule has 3 aromatic heterocycles. The van der Waals surface area contributed by atoms with E-state index in [4.69, 9.17) is 23.2 Å². The summed E-state index contributed by atoms with van der Waals surface area (Å²) in [6.07, 6.45) is 3.65. The Kier molecular flexibility index (Phi) is 4.39. The van der Waals surface area contributed by atoms with Crippen LogP contribution in [0.2, 0.25) is 9.36 Å². The SMILES string of the molecule is Cn1nc(C2CCCN(C(=O)c3nsc(Cl)c3Cl)C2)c2cccnc21. The monoisotopic (exact) mass is 395 g/mol. The molecule has 0 saturated carbocycles. The molecule has 9 heteroatoms. The summed E-state index contributed by atoms with van der Waals surface area (Å²) in [4.78, 5) is 19.0. The summed E-state index contributed by atoms with van der Waals surface area (Å²) in [6.45, 7) is 1.27. The summed E-state index contributed by atoms with van der Waals surface area (Å²) in [7, 11) is 1.89. The fraction of sp³-hybridized carbons (Fsp3) is 0.375. The second-order valence-corrected chi connectivity index (χ2v) is 7.85. The van der Waals surface area contributed by atoms with Gasteiger partial charge in [-0.3, -0.25) is 9.48 Å². The van der Waals surface area contributed by atoms with Crippen LogP contribution in [0, 0.1) is 0 Å². The van der Waals surface area contributed by atoms with Crippen LogP contribution in [0.25, 0.3) is 11.0 Å². The quantitative estimate of drug-likeness (QED) is 0.662. The van der Waals surface area contributed by atoms with Crippen molar-refractivity contribution in [3.05, 3.63) is 39.1 Å². The lowest BCUT2D eigenvalue weighted by molar-refractivity contribution is 0.0701. The Morgan fingerprint density at radius 1 is 1.40 bits per heavy atom. The number of pyridine rings is 1. The molecule has 0 N–H and O–H groups in total. The summed E-state index contributed by atoms with van der Waals surface area (Å²) in [5.74, 6) is -0.00491. The standard InChI is InChI=1S/C16H15Cl2N5OS/c1-22-15-10(5-2-6-19-15)12(20-22)9-4-3-7-23(8-9)16(24)13-11(17)14(18)25-21-13/h2,5-6,9H,3-4,7-8H2,1H3. The Balaban J connectivity index is 1.62. The minimum atomic E-state index is -0.170. The van der Waals surface area contributed by atoms with E-state index < -0.39 is 0 Å². The average molecular weight is 396 g/mol. The van der Waals surface area contributed by atoms with Gasteiger partial charge >= 0.3 is 0 Å². The van der Waals surface area contributed by atoms with E-state index in [1.54, 1.807) is 15.8 Å². The minimum Gasteiger partial charge on any atom is -0.337 e. The Morgan fingerprint density at radius 2 is 2.24 bits per heavy atom. The van der Waals surface area contributed by atoms with Crippen molar-refractivity contribution < 1.29 is 4.79 Å². The molecule has 0 spiro atoms. The lowest BCUT2D eigenvalue weighted by Crippen LogP contribution is -2.39. The van der Waals surface area contributed by atoms with Gasteiger partial charge in [-0.25, -0.2) is 4.98 Å². The number of hydrogen-bond acceptors (Lipinski definition) is 5. The van der Waals surface area contributed by atoms with Crippen LogP contribution in [0.1, 0.15) is 34.9 Å². The van der Waals surface area contributed by atoms with Gasteiger partial charge in [0, 0.05) is 37.6 Å². The van der Waals surface area contributed by atoms with Crippen molar-refractivity contribution in [3.63, 3.8) is 0 Å². The lowest BCUT2D eigenvalue weighted by atomic mass is 9.93. The number of piperidine rings is 1. The van der Waals surface area contributed by atoms with Gasteiger partial charge in [0.15, 0.2) is 11.3 Å². The first-order valence-electron chi connectivity index (χ1n) is 7.94. The third-order valence-corrected chi connectivity index (χ3v) is 6.13. The molecule has 6 nitrogen and oxygen atoms in total. The van der Waals surface area contributed by atoms with Gasteiger partial charge in [-0.05, 0) is 36.5 Å². The van der Waals surface area contributed by atoms with Crippen molar-refractivity contribution in [2.24, 2.45) is 7.05 Å². The average Bonchev–Trinajstić information content (AvgIpc) is 3.15. The maximum Gasteiger partial charge on any atom is 0.275 e. The minimum absolute atomic E-state index is 0.165. The molecule has 0 aliphatic carbocycles. The number of aromatic nitrogens is 4. The summed E-state index contributed by atoms with van der Waals surface area (Å²) >= 11 is 13.1. The van der Waals surface area contributed by atoms with Crippen LogP contribution >= 0.6 is 34.7 Å². The number of likely N-dealkylation sites (tertiary alicyclic amines) is 1. The molecule has 1 atom stereocenters. The maximum atomic E-state index is 12.8. The molecule has 4 rings (SSSR count). The largest absolute Gasteiger partial charge is 0.337 e. The number of carbonyl (C=O) groups excluding carboxylic acids is 1. The van der Waals surface area contributed by atoms with Gasteiger partial charge in [-0.15, -0.1) is 0 Å². The van der Waals surface area contributed by atoms with E-state index >= 15 is 0 Å². The highest BCUT2D eigenvalue weighted by molar-refractivity contribution is 7.11. The normalized spacial score (nSPS) is 18.0. The fourth-order valence-electron chi connectivity index (χ4n) is 3.35. The van der Waals surface area contributed by atoms with Crippen LogP contribution < -0.4 is 0 Å². The molecule has 0 aromatic carbocycles. The second-order valence-electron chi connectivity index (χ2n) is 6.09. The van der Waals surface area contributed by atoms with Crippen LogP contribution in [-0.4, -0.2) is 43.0 Å². The van der Waals surface area contributed by atoms with Crippen molar-refractivity contribution in [1.82, 2.24) is 24.0 Å². The highest BCUT2D eigenvalue weighted by Crippen LogP contribution is 2.34. The Bertz CT molecular complexity index is 953. The molecule has 1 aliphatic rings.